The number of aliphatic hydroxyl groups is 2. The zero-order valence-electron chi connectivity index (χ0n) is 9.45. The Hall–Kier alpha value is -1.24. The molecule has 0 aliphatic carbocycles. The van der Waals surface area contributed by atoms with Crippen LogP contribution in [0.3, 0.4) is 0 Å². The maximum atomic E-state index is 13.4. The fourth-order valence-corrected chi connectivity index (χ4v) is 1.63. The topological polar surface area (TPSA) is 69.6 Å². The standard InChI is InChI=1S/C11H12ClF2NO3/c1-5(16)15-4-8(17)11(18)9-6(13)2-3-7(14)10(9)12/h2-3,8,11,17-18H,4H2,1H3,(H,15,16). The lowest BCUT2D eigenvalue weighted by molar-refractivity contribution is -0.119. The molecule has 0 aromatic heterocycles. The van der Waals surface area contributed by atoms with E-state index in [0.717, 1.165) is 12.1 Å². The SMILES string of the molecule is CC(=O)NCC(O)C(O)c1c(F)ccc(F)c1Cl. The molecule has 1 aromatic rings. The van der Waals surface area contributed by atoms with Crippen LogP contribution < -0.4 is 5.32 Å². The molecule has 100 valence electrons. The second-order valence-corrected chi connectivity index (χ2v) is 4.08. The van der Waals surface area contributed by atoms with Crippen LogP contribution in [0.15, 0.2) is 12.1 Å². The van der Waals surface area contributed by atoms with Gasteiger partial charge in [0.1, 0.15) is 23.8 Å². The van der Waals surface area contributed by atoms with Gasteiger partial charge in [-0.2, -0.15) is 0 Å². The summed E-state index contributed by atoms with van der Waals surface area (Å²) in [7, 11) is 0. The van der Waals surface area contributed by atoms with E-state index >= 15 is 0 Å². The molecule has 4 nitrogen and oxygen atoms in total. The summed E-state index contributed by atoms with van der Waals surface area (Å²) in [6, 6.07) is 1.61. The summed E-state index contributed by atoms with van der Waals surface area (Å²) in [4.78, 5) is 10.6. The molecule has 0 fully saturated rings. The van der Waals surface area contributed by atoms with E-state index in [-0.39, 0.29) is 6.54 Å². The summed E-state index contributed by atoms with van der Waals surface area (Å²) in [5, 5.41) is 20.9. The molecule has 0 radical (unpaired) electrons. The average molecular weight is 280 g/mol. The van der Waals surface area contributed by atoms with E-state index in [4.69, 9.17) is 11.6 Å². The number of nitrogens with one attached hydrogen (secondary N) is 1. The number of hydrogen-bond donors (Lipinski definition) is 3. The summed E-state index contributed by atoms with van der Waals surface area (Å²) < 4.78 is 26.6. The number of amides is 1. The van der Waals surface area contributed by atoms with Crippen LogP contribution in [0.25, 0.3) is 0 Å². The highest BCUT2D eigenvalue weighted by atomic mass is 35.5. The monoisotopic (exact) mass is 279 g/mol. The van der Waals surface area contributed by atoms with Crippen LogP contribution in [0, 0.1) is 11.6 Å². The Bertz CT molecular complexity index is 456. The average Bonchev–Trinajstić information content (AvgIpc) is 2.31. The Balaban J connectivity index is 2.92. The van der Waals surface area contributed by atoms with Crippen molar-refractivity contribution >= 4 is 17.5 Å². The molecule has 3 N–H and O–H groups in total. The predicted octanol–water partition coefficient (Wildman–Crippen LogP) is 1.15. The molecule has 0 saturated heterocycles. The normalized spacial score (nSPS) is 14.1. The molecular weight excluding hydrogens is 268 g/mol. The number of hydrogen-bond acceptors (Lipinski definition) is 3. The van der Waals surface area contributed by atoms with Gasteiger partial charge in [-0.1, -0.05) is 11.6 Å². The van der Waals surface area contributed by atoms with Crippen LogP contribution >= 0.6 is 11.6 Å². The van der Waals surface area contributed by atoms with E-state index in [0.29, 0.717) is 0 Å². The van der Waals surface area contributed by atoms with Crippen LogP contribution in [-0.2, 0) is 4.79 Å². The molecule has 1 amide bonds. The van der Waals surface area contributed by atoms with Crippen LogP contribution in [0.2, 0.25) is 5.02 Å². The van der Waals surface area contributed by atoms with Crippen LogP contribution in [0.1, 0.15) is 18.6 Å². The number of carbonyl (C=O) groups excluding carboxylic acids is 1. The Morgan fingerprint density at radius 3 is 2.50 bits per heavy atom. The van der Waals surface area contributed by atoms with Crippen LogP contribution in [0.5, 0.6) is 0 Å². The smallest absolute Gasteiger partial charge is 0.216 e. The van der Waals surface area contributed by atoms with Crippen LogP contribution in [-0.4, -0.2) is 28.8 Å². The van der Waals surface area contributed by atoms with E-state index < -0.39 is 40.3 Å². The van der Waals surface area contributed by atoms with Gasteiger partial charge in [-0.3, -0.25) is 4.79 Å². The van der Waals surface area contributed by atoms with Gasteiger partial charge in [-0.15, -0.1) is 0 Å². The Morgan fingerprint density at radius 1 is 1.39 bits per heavy atom. The van der Waals surface area contributed by atoms with Crippen molar-refractivity contribution < 1.29 is 23.8 Å². The Labute approximate surface area is 107 Å². The maximum Gasteiger partial charge on any atom is 0.216 e. The highest BCUT2D eigenvalue weighted by Gasteiger charge is 2.26. The van der Waals surface area contributed by atoms with E-state index in [9.17, 15) is 23.8 Å². The van der Waals surface area contributed by atoms with Crippen LogP contribution in [0.4, 0.5) is 8.78 Å². The predicted molar refractivity (Wildman–Crippen MR) is 61.0 cm³/mol. The van der Waals surface area contributed by atoms with Crippen molar-refractivity contribution in [3.8, 4) is 0 Å². The first kappa shape index (κ1) is 14.8. The van der Waals surface area contributed by atoms with Crippen molar-refractivity contribution in [1.82, 2.24) is 5.32 Å². The molecule has 1 rings (SSSR count). The number of aliphatic hydroxyl groups excluding tert-OH is 2. The summed E-state index contributed by atoms with van der Waals surface area (Å²) in [5.41, 5.74) is -0.533. The van der Waals surface area contributed by atoms with Gasteiger partial charge in [-0.05, 0) is 12.1 Å². The molecule has 2 unspecified atom stereocenters. The first-order valence-corrected chi connectivity index (χ1v) is 5.46. The summed E-state index contributed by atoms with van der Waals surface area (Å²) in [6.07, 6.45) is -3.23. The van der Waals surface area contributed by atoms with Crippen molar-refractivity contribution in [1.29, 1.82) is 0 Å². The first-order chi connectivity index (χ1) is 8.34. The largest absolute Gasteiger partial charge is 0.388 e. The zero-order chi connectivity index (χ0) is 13.9. The fraction of sp³-hybridized carbons (Fsp3) is 0.364. The van der Waals surface area contributed by atoms with E-state index in [1.165, 1.54) is 6.92 Å². The highest BCUT2D eigenvalue weighted by Crippen LogP contribution is 2.30. The Kier molecular flexibility index (Phi) is 5.01. The fourth-order valence-electron chi connectivity index (χ4n) is 1.37. The third-order valence-corrected chi connectivity index (χ3v) is 2.68. The molecule has 0 bridgehead atoms. The lowest BCUT2D eigenvalue weighted by atomic mass is 10.0. The third kappa shape index (κ3) is 3.38. The molecule has 0 aliphatic rings. The van der Waals surface area contributed by atoms with E-state index in [1.54, 1.807) is 0 Å². The van der Waals surface area contributed by atoms with Gasteiger partial charge >= 0.3 is 0 Å². The van der Waals surface area contributed by atoms with Crippen molar-refractivity contribution in [2.75, 3.05) is 6.54 Å². The molecule has 7 heteroatoms. The van der Waals surface area contributed by atoms with Gasteiger partial charge in [0.2, 0.25) is 5.91 Å². The minimum atomic E-state index is -1.74. The summed E-state index contributed by atoms with van der Waals surface area (Å²) in [6.45, 7) is 0.914. The third-order valence-electron chi connectivity index (χ3n) is 2.30. The molecule has 0 saturated carbocycles. The molecule has 0 spiro atoms. The highest BCUT2D eigenvalue weighted by molar-refractivity contribution is 6.31. The number of rotatable bonds is 4. The van der Waals surface area contributed by atoms with Gasteiger partial charge < -0.3 is 15.5 Å². The van der Waals surface area contributed by atoms with Gasteiger partial charge in [0.25, 0.3) is 0 Å². The summed E-state index contributed by atoms with van der Waals surface area (Å²) in [5.74, 6) is -2.26. The molecule has 1 aromatic carbocycles. The van der Waals surface area contributed by atoms with Gasteiger partial charge in [0.15, 0.2) is 0 Å². The second-order valence-electron chi connectivity index (χ2n) is 3.71. The zero-order valence-corrected chi connectivity index (χ0v) is 10.2. The molecule has 18 heavy (non-hydrogen) atoms. The lowest BCUT2D eigenvalue weighted by Crippen LogP contribution is -2.34. The first-order valence-electron chi connectivity index (χ1n) is 5.08. The molecular formula is C11H12ClF2NO3. The van der Waals surface area contributed by atoms with E-state index in [2.05, 4.69) is 5.32 Å². The number of carbonyl (C=O) groups is 1. The van der Waals surface area contributed by atoms with Gasteiger partial charge in [0.05, 0.1) is 5.02 Å². The molecule has 0 aliphatic heterocycles. The van der Waals surface area contributed by atoms with Crippen molar-refractivity contribution in [2.24, 2.45) is 0 Å². The maximum absolute atomic E-state index is 13.4. The summed E-state index contributed by atoms with van der Waals surface area (Å²) >= 11 is 5.53. The number of halogens is 3. The Morgan fingerprint density at radius 2 is 1.94 bits per heavy atom. The van der Waals surface area contributed by atoms with Gasteiger partial charge in [-0.25, -0.2) is 8.78 Å². The van der Waals surface area contributed by atoms with Crippen molar-refractivity contribution in [2.45, 2.75) is 19.1 Å². The lowest BCUT2D eigenvalue weighted by Gasteiger charge is -2.20. The van der Waals surface area contributed by atoms with E-state index in [1.807, 2.05) is 0 Å². The van der Waals surface area contributed by atoms with Crippen molar-refractivity contribution in [3.63, 3.8) is 0 Å². The molecule has 0 heterocycles. The minimum absolute atomic E-state index is 0.303. The van der Waals surface area contributed by atoms with Crippen molar-refractivity contribution in [3.05, 3.63) is 34.4 Å². The number of benzene rings is 1. The minimum Gasteiger partial charge on any atom is -0.388 e. The second kappa shape index (κ2) is 6.08. The van der Waals surface area contributed by atoms with Gasteiger partial charge in [0, 0.05) is 19.0 Å². The quantitative estimate of drug-likeness (QED) is 0.724. The molecule has 2 atom stereocenters.